The van der Waals surface area contributed by atoms with E-state index in [-0.39, 0.29) is 5.69 Å². The van der Waals surface area contributed by atoms with Gasteiger partial charge in [-0.3, -0.25) is 5.43 Å². The van der Waals surface area contributed by atoms with Crippen LogP contribution in [0.1, 0.15) is 5.56 Å². The number of imidazole rings is 1. The molecule has 3 N–H and O–H groups in total. The molecule has 0 unspecified atom stereocenters. The lowest BCUT2D eigenvalue weighted by atomic mass is 10.2. The Bertz CT molecular complexity index is 563. The van der Waals surface area contributed by atoms with Gasteiger partial charge in [0.1, 0.15) is 0 Å². The summed E-state index contributed by atoms with van der Waals surface area (Å²) in [7, 11) is 0. The van der Waals surface area contributed by atoms with Crippen molar-refractivity contribution in [3.05, 3.63) is 58.8 Å². The number of anilines is 1. The van der Waals surface area contributed by atoms with Gasteiger partial charge in [0.25, 0.3) is 0 Å². The van der Waals surface area contributed by atoms with Crippen molar-refractivity contribution >= 4 is 18.0 Å². The van der Waals surface area contributed by atoms with Gasteiger partial charge in [0, 0.05) is 18.6 Å². The number of nitrogens with one attached hydrogen (secondary N) is 3. The van der Waals surface area contributed by atoms with Crippen LogP contribution in [0.3, 0.4) is 0 Å². The number of allylic oxidation sites excluding steroid dienone is 1. The SMILES string of the molecule is C1=Cc2ccccc2NN=C1.O=c1[nH]cc[nH]1. The van der Waals surface area contributed by atoms with E-state index in [1.165, 1.54) is 5.56 Å². The van der Waals surface area contributed by atoms with Gasteiger partial charge < -0.3 is 9.97 Å². The normalized spacial score (nSPS) is 11.8. The Kier molecular flexibility index (Phi) is 3.54. The van der Waals surface area contributed by atoms with Crippen LogP contribution >= 0.6 is 0 Å². The Hall–Kier alpha value is -2.56. The van der Waals surface area contributed by atoms with Crippen molar-refractivity contribution in [2.45, 2.75) is 0 Å². The highest BCUT2D eigenvalue weighted by Gasteiger charge is 1.96. The van der Waals surface area contributed by atoms with Gasteiger partial charge in [0.15, 0.2) is 0 Å². The number of hydrogen-bond acceptors (Lipinski definition) is 3. The van der Waals surface area contributed by atoms with Crippen LogP contribution in [0.2, 0.25) is 0 Å². The number of nitrogens with zero attached hydrogens (tertiary/aromatic N) is 1. The summed E-state index contributed by atoms with van der Waals surface area (Å²) in [6.45, 7) is 0. The Morgan fingerprint density at radius 1 is 1.06 bits per heavy atom. The van der Waals surface area contributed by atoms with Crippen molar-refractivity contribution in [1.82, 2.24) is 9.97 Å². The highest BCUT2D eigenvalue weighted by Crippen LogP contribution is 2.17. The Balaban J connectivity index is 0.000000153. The molecule has 2 heterocycles. The van der Waals surface area contributed by atoms with E-state index in [1.807, 2.05) is 36.4 Å². The lowest BCUT2D eigenvalue weighted by Gasteiger charge is -2.00. The van der Waals surface area contributed by atoms with Crippen LogP contribution < -0.4 is 11.1 Å². The highest BCUT2D eigenvalue weighted by atomic mass is 16.1. The fourth-order valence-corrected chi connectivity index (χ4v) is 1.32. The predicted molar refractivity (Wildman–Crippen MR) is 69.0 cm³/mol. The predicted octanol–water partition coefficient (Wildman–Crippen LogP) is 1.81. The standard InChI is InChI=1S/C9H8N2.C3H4N2O/c1-2-6-9-8(4-1)5-3-7-10-11-9;6-3-4-1-2-5-3/h1-7,11H;1-2H,(H2,4,5,6). The van der Waals surface area contributed by atoms with E-state index in [2.05, 4.69) is 20.5 Å². The van der Waals surface area contributed by atoms with Crippen LogP contribution in [0, 0.1) is 0 Å². The molecule has 17 heavy (non-hydrogen) atoms. The third-order valence-electron chi connectivity index (χ3n) is 2.09. The summed E-state index contributed by atoms with van der Waals surface area (Å²) in [5.41, 5.74) is 5.00. The first kappa shape index (κ1) is 10.9. The Morgan fingerprint density at radius 2 is 1.82 bits per heavy atom. The second kappa shape index (κ2) is 5.50. The molecule has 1 aliphatic rings. The van der Waals surface area contributed by atoms with E-state index >= 15 is 0 Å². The van der Waals surface area contributed by atoms with Crippen LogP contribution in [0.4, 0.5) is 5.69 Å². The summed E-state index contributed by atoms with van der Waals surface area (Å²) in [4.78, 5) is 14.7. The molecule has 3 rings (SSSR count). The van der Waals surface area contributed by atoms with E-state index in [0.717, 1.165) is 5.69 Å². The maximum atomic E-state index is 9.96. The largest absolute Gasteiger partial charge is 0.322 e. The van der Waals surface area contributed by atoms with Gasteiger partial charge in [-0.15, -0.1) is 0 Å². The molecule has 86 valence electrons. The number of rotatable bonds is 0. The first-order valence-corrected chi connectivity index (χ1v) is 5.13. The van der Waals surface area contributed by atoms with Gasteiger partial charge in [-0.05, 0) is 17.7 Å². The molecule has 2 aromatic rings. The zero-order chi connectivity index (χ0) is 11.9. The molecule has 0 spiro atoms. The Labute approximate surface area is 97.9 Å². The molecule has 0 radical (unpaired) electrons. The van der Waals surface area contributed by atoms with Gasteiger partial charge in [-0.1, -0.05) is 24.3 Å². The number of benzene rings is 1. The van der Waals surface area contributed by atoms with E-state index in [4.69, 9.17) is 0 Å². The van der Waals surface area contributed by atoms with Gasteiger partial charge in [-0.2, -0.15) is 5.10 Å². The topological polar surface area (TPSA) is 73.0 Å². The van der Waals surface area contributed by atoms with Crippen molar-refractivity contribution in [2.75, 3.05) is 5.43 Å². The fraction of sp³-hybridized carbons (Fsp3) is 0. The van der Waals surface area contributed by atoms with Gasteiger partial charge in [0.2, 0.25) is 0 Å². The summed E-state index contributed by atoms with van der Waals surface area (Å²) in [6, 6.07) is 8.05. The third kappa shape index (κ3) is 3.20. The molecular weight excluding hydrogens is 216 g/mol. The van der Waals surface area contributed by atoms with Crippen LogP contribution in [0.25, 0.3) is 6.08 Å². The molecule has 1 aromatic heterocycles. The molecule has 1 aliphatic heterocycles. The minimum absolute atomic E-state index is 0.157. The molecule has 0 atom stereocenters. The molecule has 0 bridgehead atoms. The summed E-state index contributed by atoms with van der Waals surface area (Å²) >= 11 is 0. The fourth-order valence-electron chi connectivity index (χ4n) is 1.32. The number of hydrogen-bond donors (Lipinski definition) is 3. The molecule has 0 saturated carbocycles. The lowest BCUT2D eigenvalue weighted by Crippen LogP contribution is -1.98. The molecular formula is C12H12N4O. The van der Waals surface area contributed by atoms with Crippen molar-refractivity contribution in [2.24, 2.45) is 5.10 Å². The zero-order valence-electron chi connectivity index (χ0n) is 9.05. The number of para-hydroxylation sites is 1. The van der Waals surface area contributed by atoms with Crippen molar-refractivity contribution in [3.63, 3.8) is 0 Å². The molecule has 1 aromatic carbocycles. The number of aromatic nitrogens is 2. The molecule has 0 fully saturated rings. The smallest absolute Gasteiger partial charge is 0.313 e. The minimum Gasteiger partial charge on any atom is -0.313 e. The second-order valence-corrected chi connectivity index (χ2v) is 3.29. The van der Waals surface area contributed by atoms with E-state index in [0.29, 0.717) is 0 Å². The summed E-state index contributed by atoms with van der Waals surface area (Å²) in [5, 5.41) is 3.95. The number of fused-ring (bicyclic) bond motifs is 1. The van der Waals surface area contributed by atoms with Gasteiger partial charge >= 0.3 is 5.69 Å². The van der Waals surface area contributed by atoms with Crippen LogP contribution in [0.5, 0.6) is 0 Å². The molecule has 0 amide bonds. The molecule has 5 nitrogen and oxygen atoms in total. The van der Waals surface area contributed by atoms with Crippen LogP contribution in [0.15, 0.2) is 52.6 Å². The van der Waals surface area contributed by atoms with Crippen molar-refractivity contribution in [1.29, 1.82) is 0 Å². The van der Waals surface area contributed by atoms with Crippen molar-refractivity contribution in [3.8, 4) is 0 Å². The maximum Gasteiger partial charge on any atom is 0.322 e. The first-order chi connectivity index (χ1) is 8.36. The van der Waals surface area contributed by atoms with Gasteiger partial charge in [0.05, 0.1) is 5.69 Å². The van der Waals surface area contributed by atoms with Gasteiger partial charge in [-0.25, -0.2) is 4.79 Å². The molecule has 0 aliphatic carbocycles. The van der Waals surface area contributed by atoms with Crippen LogP contribution in [-0.4, -0.2) is 16.2 Å². The average molecular weight is 228 g/mol. The number of hydrazone groups is 1. The van der Waals surface area contributed by atoms with E-state index in [1.54, 1.807) is 18.6 Å². The average Bonchev–Trinajstić information content (AvgIpc) is 2.70. The monoisotopic (exact) mass is 228 g/mol. The lowest BCUT2D eigenvalue weighted by molar-refractivity contribution is 1.19. The maximum absolute atomic E-state index is 9.96. The highest BCUT2D eigenvalue weighted by molar-refractivity contribution is 5.83. The quantitative estimate of drug-likeness (QED) is 0.643. The first-order valence-electron chi connectivity index (χ1n) is 5.13. The molecule has 0 saturated heterocycles. The third-order valence-corrected chi connectivity index (χ3v) is 2.09. The van der Waals surface area contributed by atoms with E-state index < -0.39 is 0 Å². The number of aromatic amines is 2. The molecule has 5 heteroatoms. The Morgan fingerprint density at radius 3 is 2.53 bits per heavy atom. The van der Waals surface area contributed by atoms with Crippen LogP contribution in [-0.2, 0) is 0 Å². The second-order valence-electron chi connectivity index (χ2n) is 3.29. The zero-order valence-corrected chi connectivity index (χ0v) is 9.05. The minimum atomic E-state index is -0.157. The summed E-state index contributed by atoms with van der Waals surface area (Å²) in [5.74, 6) is 0. The van der Waals surface area contributed by atoms with Crippen molar-refractivity contribution < 1.29 is 0 Å². The summed E-state index contributed by atoms with van der Waals surface area (Å²) in [6.07, 6.45) is 8.77. The number of H-pyrrole nitrogens is 2. The van der Waals surface area contributed by atoms with E-state index in [9.17, 15) is 4.79 Å². The summed E-state index contributed by atoms with van der Waals surface area (Å²) < 4.78 is 0.